The lowest BCUT2D eigenvalue weighted by Crippen LogP contribution is -1.79. The van der Waals surface area contributed by atoms with Gasteiger partial charge in [0.15, 0.2) is 5.75 Å². The van der Waals surface area contributed by atoms with Crippen molar-refractivity contribution in [3.63, 3.8) is 0 Å². The van der Waals surface area contributed by atoms with E-state index in [4.69, 9.17) is 11.9 Å². The van der Waals surface area contributed by atoms with Crippen molar-refractivity contribution in [2.75, 3.05) is 0 Å². The molecule has 0 saturated carbocycles. The van der Waals surface area contributed by atoms with E-state index < -0.39 is 0 Å². The van der Waals surface area contributed by atoms with Gasteiger partial charge in [-0.2, -0.15) is 0 Å². The van der Waals surface area contributed by atoms with Crippen LogP contribution < -0.4 is 4.29 Å². The Morgan fingerprint density at radius 3 is 2.75 bits per heavy atom. The van der Waals surface area contributed by atoms with Crippen molar-refractivity contribution in [2.24, 2.45) is 4.99 Å². The first-order chi connectivity index (χ1) is 5.83. The first-order valence-electron chi connectivity index (χ1n) is 3.34. The third kappa shape index (κ3) is 1.48. The number of halogens is 1. The molecule has 0 spiro atoms. The van der Waals surface area contributed by atoms with Gasteiger partial charge in [0.25, 0.3) is 0 Å². The highest BCUT2D eigenvalue weighted by molar-refractivity contribution is 6.09. The molecule has 1 aromatic carbocycles. The molecule has 0 aliphatic carbocycles. The molecule has 0 heterocycles. The molecular weight excluding hydrogens is 174 g/mol. The summed E-state index contributed by atoms with van der Waals surface area (Å²) in [4.78, 5) is 3.78. The van der Waals surface area contributed by atoms with Crippen LogP contribution in [0, 0.1) is 0 Å². The van der Waals surface area contributed by atoms with Crippen LogP contribution in [0.5, 0.6) is 5.75 Å². The molecule has 0 aromatic heterocycles. The smallest absolute Gasteiger partial charge is 0.172 e. The van der Waals surface area contributed by atoms with Crippen LogP contribution in [-0.4, -0.2) is 6.72 Å². The van der Waals surface area contributed by atoms with E-state index in [-0.39, 0.29) is 0 Å². The zero-order chi connectivity index (χ0) is 8.97. The fraction of sp³-hybridized carbons (Fsp3) is 0. The Morgan fingerprint density at radius 1 is 1.50 bits per heavy atom. The second kappa shape index (κ2) is 3.93. The molecule has 0 radical (unpaired) electrons. The highest BCUT2D eigenvalue weighted by Crippen LogP contribution is 2.32. The number of nitrogens with zero attached hydrogens (tertiary/aromatic N) is 1. The monoisotopic (exact) mass is 181 g/mol. The zero-order valence-corrected chi connectivity index (χ0v) is 7.21. The number of hydrogen-bond donors (Lipinski definition) is 0. The van der Waals surface area contributed by atoms with E-state index in [0.29, 0.717) is 11.4 Å². The van der Waals surface area contributed by atoms with Crippen LogP contribution in [0.25, 0.3) is 6.08 Å². The summed E-state index contributed by atoms with van der Waals surface area (Å²) in [5.74, 6) is 0.490. The summed E-state index contributed by atoms with van der Waals surface area (Å²) in [6, 6.07) is 5.38. The average Bonchev–Trinajstić information content (AvgIpc) is 2.16. The minimum atomic E-state index is 0.490. The van der Waals surface area contributed by atoms with E-state index in [9.17, 15) is 0 Å². The molecule has 3 heteroatoms. The lowest BCUT2D eigenvalue weighted by Gasteiger charge is -2.03. The normalized spacial score (nSPS) is 9.08. The summed E-state index contributed by atoms with van der Waals surface area (Å²) in [6.45, 7) is 7.04. The van der Waals surface area contributed by atoms with Crippen LogP contribution in [0.1, 0.15) is 5.56 Å². The minimum Gasteiger partial charge on any atom is -0.383 e. The Morgan fingerprint density at radius 2 is 2.25 bits per heavy atom. The second-order valence-corrected chi connectivity index (χ2v) is 2.29. The van der Waals surface area contributed by atoms with E-state index in [2.05, 4.69) is 22.6 Å². The Balaban J connectivity index is 3.31. The summed E-state index contributed by atoms with van der Waals surface area (Å²) in [6.07, 6.45) is 1.67. The predicted molar refractivity (Wildman–Crippen MR) is 52.2 cm³/mol. The van der Waals surface area contributed by atoms with Gasteiger partial charge in [0.2, 0.25) is 0 Å². The molecule has 2 nitrogen and oxygen atoms in total. The quantitative estimate of drug-likeness (QED) is 0.657. The predicted octanol–water partition coefficient (Wildman–Crippen LogP) is 3.19. The maximum Gasteiger partial charge on any atom is 0.172 e. The van der Waals surface area contributed by atoms with Crippen molar-refractivity contribution < 1.29 is 4.29 Å². The Labute approximate surface area is 76.3 Å². The maximum atomic E-state index is 5.22. The van der Waals surface area contributed by atoms with Gasteiger partial charge in [0, 0.05) is 5.56 Å². The van der Waals surface area contributed by atoms with Crippen molar-refractivity contribution in [1.82, 2.24) is 0 Å². The molecule has 0 bridgehead atoms. The Kier molecular flexibility index (Phi) is 2.88. The third-order valence-corrected chi connectivity index (χ3v) is 1.66. The zero-order valence-electron chi connectivity index (χ0n) is 6.46. The molecule has 12 heavy (non-hydrogen) atoms. The van der Waals surface area contributed by atoms with Gasteiger partial charge in [-0.05, 0) is 12.8 Å². The molecule has 1 rings (SSSR count). The van der Waals surface area contributed by atoms with Crippen LogP contribution in [0.15, 0.2) is 29.8 Å². The first kappa shape index (κ1) is 8.81. The van der Waals surface area contributed by atoms with Gasteiger partial charge in [-0.1, -0.05) is 24.8 Å². The van der Waals surface area contributed by atoms with Gasteiger partial charge in [-0.25, -0.2) is 0 Å². The van der Waals surface area contributed by atoms with Crippen LogP contribution in [0.2, 0.25) is 0 Å². The van der Waals surface area contributed by atoms with Gasteiger partial charge in [0.1, 0.15) is 17.6 Å². The van der Waals surface area contributed by atoms with Gasteiger partial charge < -0.3 is 4.29 Å². The molecule has 0 fully saturated rings. The number of rotatable bonds is 3. The SMILES string of the molecule is C=Cc1cccc(OCl)c1N=C. The fourth-order valence-electron chi connectivity index (χ4n) is 0.935. The fourth-order valence-corrected chi connectivity index (χ4v) is 1.06. The molecule has 0 aliphatic rings. The van der Waals surface area contributed by atoms with Gasteiger partial charge in [-0.3, -0.25) is 4.99 Å². The van der Waals surface area contributed by atoms with Crippen molar-refractivity contribution in [1.29, 1.82) is 0 Å². The lowest BCUT2D eigenvalue weighted by molar-refractivity contribution is 0.620. The molecule has 1 aromatic rings. The van der Waals surface area contributed by atoms with Gasteiger partial charge in [-0.15, -0.1) is 0 Å². The molecule has 0 saturated heterocycles. The standard InChI is InChI=1S/C9H8ClNO/c1-3-7-5-4-6-8(12-10)9(7)11-2/h3-6H,1-2H2. The highest BCUT2D eigenvalue weighted by Gasteiger charge is 2.04. The van der Waals surface area contributed by atoms with E-state index in [0.717, 1.165) is 5.56 Å². The molecular formula is C9H8ClNO. The van der Waals surface area contributed by atoms with Crippen molar-refractivity contribution in [3.8, 4) is 5.75 Å². The molecule has 0 N–H and O–H groups in total. The van der Waals surface area contributed by atoms with E-state index >= 15 is 0 Å². The average molecular weight is 182 g/mol. The van der Waals surface area contributed by atoms with E-state index in [1.807, 2.05) is 12.1 Å². The van der Waals surface area contributed by atoms with Crippen molar-refractivity contribution in [3.05, 3.63) is 30.3 Å². The summed E-state index contributed by atoms with van der Waals surface area (Å²) in [5.41, 5.74) is 1.46. The molecule has 0 atom stereocenters. The van der Waals surface area contributed by atoms with Crippen molar-refractivity contribution in [2.45, 2.75) is 0 Å². The van der Waals surface area contributed by atoms with Gasteiger partial charge >= 0.3 is 0 Å². The van der Waals surface area contributed by atoms with Crippen LogP contribution in [0.3, 0.4) is 0 Å². The molecule has 0 unspecified atom stereocenters. The minimum absolute atomic E-state index is 0.490. The Bertz CT molecular complexity index is 309. The molecule has 0 aliphatic heterocycles. The molecule has 0 amide bonds. The summed E-state index contributed by atoms with van der Waals surface area (Å²) in [5, 5.41) is 0. The van der Waals surface area contributed by atoms with E-state index in [1.165, 1.54) is 0 Å². The lowest BCUT2D eigenvalue weighted by atomic mass is 10.1. The topological polar surface area (TPSA) is 21.6 Å². The summed E-state index contributed by atoms with van der Waals surface area (Å²) >= 11 is 5.22. The number of aliphatic imine (C=N–C) groups is 1. The van der Waals surface area contributed by atoms with E-state index in [1.54, 1.807) is 12.1 Å². The second-order valence-electron chi connectivity index (χ2n) is 2.13. The van der Waals surface area contributed by atoms with Crippen LogP contribution in [0.4, 0.5) is 5.69 Å². The first-order valence-corrected chi connectivity index (χ1v) is 3.65. The number of hydrogen-bond acceptors (Lipinski definition) is 2. The highest BCUT2D eigenvalue weighted by atomic mass is 35.5. The van der Waals surface area contributed by atoms with Gasteiger partial charge in [0.05, 0.1) is 0 Å². The maximum absolute atomic E-state index is 5.22. The largest absolute Gasteiger partial charge is 0.383 e. The Hall–Kier alpha value is -1.28. The van der Waals surface area contributed by atoms with Crippen LogP contribution in [-0.2, 0) is 0 Å². The third-order valence-electron chi connectivity index (χ3n) is 1.49. The number of para-hydroxylation sites is 1. The van der Waals surface area contributed by atoms with Crippen molar-refractivity contribution >= 4 is 30.3 Å². The number of benzene rings is 1. The van der Waals surface area contributed by atoms with Crippen LogP contribution >= 0.6 is 11.9 Å². The summed E-state index contributed by atoms with van der Waals surface area (Å²) in [7, 11) is 0. The molecule has 62 valence electrons. The summed E-state index contributed by atoms with van der Waals surface area (Å²) < 4.78 is 4.57.